The van der Waals surface area contributed by atoms with Gasteiger partial charge in [-0.05, 0) is 13.8 Å². The maximum atomic E-state index is 4.49. The fraction of sp³-hybridized carbons (Fsp3) is 0.190. The van der Waals surface area contributed by atoms with E-state index < -0.39 is 0 Å². The van der Waals surface area contributed by atoms with Crippen LogP contribution < -0.4 is 0 Å². The topological polar surface area (TPSA) is 84.2 Å². The molecule has 0 atom stereocenters. The molecule has 0 spiro atoms. The molecule has 0 unspecified atom stereocenters. The molecule has 5 rings (SSSR count). The SMILES string of the molecule is Cc1nc(-n2ncnc2-n2[c-]ccn2)n(C)c1C.Cn1ccnc1-c1[c-]cccc1.[Ir]. The molecule has 0 saturated carbocycles. The van der Waals surface area contributed by atoms with Crippen LogP contribution in [0.1, 0.15) is 11.4 Å². The van der Waals surface area contributed by atoms with E-state index in [0.717, 1.165) is 22.8 Å². The molecule has 4 heterocycles. The van der Waals surface area contributed by atoms with Gasteiger partial charge in [-0.25, -0.2) is 9.67 Å². The Balaban J connectivity index is 0.000000183. The van der Waals surface area contributed by atoms with Crippen LogP contribution in [0.15, 0.2) is 55.2 Å². The molecule has 5 aromatic rings. The zero-order valence-corrected chi connectivity index (χ0v) is 19.9. The first-order chi connectivity index (χ1) is 14.6. The molecule has 31 heavy (non-hydrogen) atoms. The largest absolute Gasteiger partial charge is 0.373 e. The van der Waals surface area contributed by atoms with Crippen LogP contribution in [0.2, 0.25) is 0 Å². The van der Waals surface area contributed by atoms with Gasteiger partial charge in [-0.2, -0.15) is 5.10 Å². The van der Waals surface area contributed by atoms with Crippen LogP contribution in [0, 0.1) is 26.1 Å². The number of aryl methyl sites for hydroxylation is 2. The van der Waals surface area contributed by atoms with E-state index in [1.165, 1.54) is 11.0 Å². The van der Waals surface area contributed by atoms with Crippen LogP contribution in [0.3, 0.4) is 0 Å². The summed E-state index contributed by atoms with van der Waals surface area (Å²) >= 11 is 0. The maximum Gasteiger partial charge on any atom is 0.222 e. The van der Waals surface area contributed by atoms with Gasteiger partial charge in [0.15, 0.2) is 5.95 Å². The van der Waals surface area contributed by atoms with E-state index in [-0.39, 0.29) is 20.1 Å². The molecule has 0 aliphatic carbocycles. The van der Waals surface area contributed by atoms with Gasteiger partial charge in [0.2, 0.25) is 5.95 Å². The molecule has 0 aliphatic heterocycles. The van der Waals surface area contributed by atoms with Gasteiger partial charge in [-0.3, -0.25) is 15.1 Å². The van der Waals surface area contributed by atoms with E-state index >= 15 is 0 Å². The van der Waals surface area contributed by atoms with Crippen molar-refractivity contribution >= 4 is 0 Å². The van der Waals surface area contributed by atoms with Gasteiger partial charge < -0.3 is 13.8 Å². The van der Waals surface area contributed by atoms with Crippen LogP contribution in [0.4, 0.5) is 0 Å². The predicted octanol–water partition coefficient (Wildman–Crippen LogP) is 2.49. The molecule has 0 amide bonds. The van der Waals surface area contributed by atoms with Gasteiger partial charge >= 0.3 is 0 Å². The molecule has 10 heteroatoms. The first kappa shape index (κ1) is 22.3. The number of aromatic nitrogens is 9. The van der Waals surface area contributed by atoms with Crippen molar-refractivity contribution in [3.63, 3.8) is 0 Å². The summed E-state index contributed by atoms with van der Waals surface area (Å²) in [4.78, 5) is 12.9. The Morgan fingerprint density at radius 2 is 1.77 bits per heavy atom. The first-order valence-corrected chi connectivity index (χ1v) is 9.33. The quantitative estimate of drug-likeness (QED) is 0.301. The van der Waals surface area contributed by atoms with Gasteiger partial charge in [0.1, 0.15) is 6.33 Å². The van der Waals surface area contributed by atoms with Crippen molar-refractivity contribution < 1.29 is 20.1 Å². The van der Waals surface area contributed by atoms with Crippen LogP contribution in [0.5, 0.6) is 0 Å². The number of rotatable bonds is 3. The summed E-state index contributed by atoms with van der Waals surface area (Å²) in [5, 5.41) is 8.30. The molecule has 4 aromatic heterocycles. The van der Waals surface area contributed by atoms with Gasteiger partial charge in [0, 0.05) is 52.3 Å². The Labute approximate surface area is 193 Å². The average Bonchev–Trinajstić information content (AvgIpc) is 3.55. The summed E-state index contributed by atoms with van der Waals surface area (Å²) in [6.07, 6.45) is 9.77. The Bertz CT molecular complexity index is 1230. The van der Waals surface area contributed by atoms with E-state index in [4.69, 9.17) is 0 Å². The number of imidazole rings is 2. The van der Waals surface area contributed by atoms with E-state index in [1.54, 1.807) is 23.1 Å². The Kier molecular flexibility index (Phi) is 6.94. The van der Waals surface area contributed by atoms with Gasteiger partial charge in [-0.15, -0.1) is 42.0 Å². The van der Waals surface area contributed by atoms with Crippen LogP contribution in [0.25, 0.3) is 23.3 Å². The summed E-state index contributed by atoms with van der Waals surface area (Å²) < 4.78 is 7.12. The minimum absolute atomic E-state index is 0. The van der Waals surface area contributed by atoms with Crippen molar-refractivity contribution in [3.05, 3.63) is 78.9 Å². The summed E-state index contributed by atoms with van der Waals surface area (Å²) in [5.74, 6) is 2.23. The molecule has 1 radical (unpaired) electrons. The van der Waals surface area contributed by atoms with Crippen LogP contribution >= 0.6 is 0 Å². The van der Waals surface area contributed by atoms with Crippen molar-refractivity contribution in [2.75, 3.05) is 0 Å². The predicted molar refractivity (Wildman–Crippen MR) is 111 cm³/mol. The van der Waals surface area contributed by atoms with Crippen molar-refractivity contribution in [3.8, 4) is 23.3 Å². The van der Waals surface area contributed by atoms with Gasteiger partial charge in [-0.1, -0.05) is 12.4 Å². The zero-order chi connectivity index (χ0) is 21.1. The molecule has 0 fully saturated rings. The minimum atomic E-state index is 0. The standard InChI is InChI=1S/C11H12N7.C10H9N2.Ir/c1-8-9(2)16(3)11(15-8)18-10(12-7-14-18)17-6-4-5-13-17;1-12-8-7-11-10(12)9-5-3-2-4-6-9;/h4-5,7H,1-3H3;2-5,7-8H,1H3;/q2*-1;. The van der Waals surface area contributed by atoms with Crippen molar-refractivity contribution in [2.24, 2.45) is 14.1 Å². The Morgan fingerprint density at radius 3 is 2.35 bits per heavy atom. The summed E-state index contributed by atoms with van der Waals surface area (Å²) in [6, 6.07) is 12.7. The number of nitrogens with zero attached hydrogens (tertiary/aromatic N) is 9. The maximum absolute atomic E-state index is 4.49. The minimum Gasteiger partial charge on any atom is -0.373 e. The molecule has 161 valence electrons. The first-order valence-electron chi connectivity index (χ1n) is 9.33. The number of hydrogen-bond donors (Lipinski definition) is 0. The van der Waals surface area contributed by atoms with E-state index in [0.29, 0.717) is 11.9 Å². The van der Waals surface area contributed by atoms with Crippen molar-refractivity contribution in [2.45, 2.75) is 13.8 Å². The second-order valence-corrected chi connectivity index (χ2v) is 6.62. The van der Waals surface area contributed by atoms with Gasteiger partial charge in [0.05, 0.1) is 11.5 Å². The number of benzene rings is 1. The summed E-state index contributed by atoms with van der Waals surface area (Å²) in [5.41, 5.74) is 3.10. The third-order valence-corrected chi connectivity index (χ3v) is 4.73. The second-order valence-electron chi connectivity index (χ2n) is 6.62. The zero-order valence-electron chi connectivity index (χ0n) is 17.6. The fourth-order valence-corrected chi connectivity index (χ4v) is 2.91. The molecule has 0 N–H and O–H groups in total. The summed E-state index contributed by atoms with van der Waals surface area (Å²) in [6.45, 7) is 3.98. The summed E-state index contributed by atoms with van der Waals surface area (Å²) in [7, 11) is 3.92. The Morgan fingerprint density at radius 1 is 0.935 bits per heavy atom. The molecule has 0 saturated heterocycles. The molecule has 0 bridgehead atoms. The molecular formula is C21H21IrN9-2. The third-order valence-electron chi connectivity index (χ3n) is 4.73. The van der Waals surface area contributed by atoms with Gasteiger partial charge in [0.25, 0.3) is 0 Å². The van der Waals surface area contributed by atoms with E-state index in [1.807, 2.05) is 67.5 Å². The van der Waals surface area contributed by atoms with Crippen molar-refractivity contribution in [1.82, 2.24) is 43.6 Å². The van der Waals surface area contributed by atoms with Crippen molar-refractivity contribution in [1.29, 1.82) is 0 Å². The van der Waals surface area contributed by atoms with E-state index in [2.05, 4.69) is 37.4 Å². The molecule has 1 aromatic carbocycles. The normalized spacial score (nSPS) is 10.3. The third kappa shape index (κ3) is 4.55. The van der Waals surface area contributed by atoms with Crippen LogP contribution in [-0.4, -0.2) is 43.6 Å². The average molecular weight is 592 g/mol. The second kappa shape index (κ2) is 9.63. The molecule has 0 aliphatic rings. The molecular weight excluding hydrogens is 571 g/mol. The smallest absolute Gasteiger partial charge is 0.222 e. The molecule has 9 nitrogen and oxygen atoms in total. The Hall–Kier alpha value is -3.36. The van der Waals surface area contributed by atoms with Crippen LogP contribution in [-0.2, 0) is 34.2 Å². The fourth-order valence-electron chi connectivity index (χ4n) is 2.91. The van der Waals surface area contributed by atoms with E-state index in [9.17, 15) is 0 Å². The number of hydrogen-bond acceptors (Lipinski definition) is 5. The monoisotopic (exact) mass is 592 g/mol.